The molecule has 0 spiro atoms. The Labute approximate surface area is 86.4 Å². The van der Waals surface area contributed by atoms with Gasteiger partial charge in [-0.15, -0.1) is 0 Å². The average molecular weight is 195 g/mol. The summed E-state index contributed by atoms with van der Waals surface area (Å²) in [5, 5.41) is 12.9. The molecule has 0 aromatic rings. The molecule has 2 N–H and O–H groups in total. The summed E-state index contributed by atoms with van der Waals surface area (Å²) in [6, 6.07) is 0. The predicted octanol–water partition coefficient (Wildman–Crippen LogP) is 1.70. The van der Waals surface area contributed by atoms with Crippen LogP contribution in [0.3, 0.4) is 0 Å². The predicted molar refractivity (Wildman–Crippen MR) is 58.1 cm³/mol. The molecule has 0 amide bonds. The van der Waals surface area contributed by atoms with Crippen molar-refractivity contribution in [3.8, 4) is 0 Å². The number of nitrogens with one attached hydrogen (secondary N) is 1. The molecule has 2 aliphatic rings. The van der Waals surface area contributed by atoms with Gasteiger partial charge in [-0.05, 0) is 56.5 Å². The van der Waals surface area contributed by atoms with Crippen LogP contribution in [0.1, 0.15) is 32.1 Å². The van der Waals surface area contributed by atoms with Crippen LogP contribution in [0.25, 0.3) is 0 Å². The van der Waals surface area contributed by atoms with E-state index < -0.39 is 0 Å². The second-order valence-corrected chi connectivity index (χ2v) is 4.92. The van der Waals surface area contributed by atoms with Gasteiger partial charge in [0.1, 0.15) is 0 Å². The van der Waals surface area contributed by atoms with Gasteiger partial charge in [0.05, 0.1) is 0 Å². The highest BCUT2D eigenvalue weighted by atomic mass is 16.3. The molecule has 0 aromatic carbocycles. The van der Waals surface area contributed by atoms with Crippen LogP contribution < -0.4 is 5.32 Å². The first-order chi connectivity index (χ1) is 6.85. The minimum atomic E-state index is 0.238. The second-order valence-electron chi connectivity index (χ2n) is 4.92. The highest BCUT2D eigenvalue weighted by Crippen LogP contribution is 2.38. The van der Waals surface area contributed by atoms with E-state index in [4.69, 9.17) is 0 Å². The lowest BCUT2D eigenvalue weighted by Gasteiger charge is -2.38. The molecule has 1 heterocycles. The summed E-state index contributed by atoms with van der Waals surface area (Å²) in [5.74, 6) is 0.806. The van der Waals surface area contributed by atoms with E-state index >= 15 is 0 Å². The highest BCUT2D eigenvalue weighted by molar-refractivity contribution is 4.97. The number of aliphatic hydroxyl groups excluding tert-OH is 1. The van der Waals surface area contributed by atoms with Crippen LogP contribution in [0.15, 0.2) is 12.2 Å². The summed E-state index contributed by atoms with van der Waals surface area (Å²) < 4.78 is 0. The van der Waals surface area contributed by atoms with Crippen molar-refractivity contribution in [3.63, 3.8) is 0 Å². The molecule has 0 saturated carbocycles. The third-order valence-corrected chi connectivity index (χ3v) is 3.83. The summed E-state index contributed by atoms with van der Waals surface area (Å²) >= 11 is 0. The first kappa shape index (κ1) is 10.2. The topological polar surface area (TPSA) is 32.3 Å². The summed E-state index contributed by atoms with van der Waals surface area (Å²) in [7, 11) is 0. The minimum absolute atomic E-state index is 0.238. The lowest BCUT2D eigenvalue weighted by molar-refractivity contribution is 0.0645. The Morgan fingerprint density at radius 1 is 1.21 bits per heavy atom. The first-order valence-electron chi connectivity index (χ1n) is 5.81. The molecule has 0 aromatic heterocycles. The zero-order valence-electron chi connectivity index (χ0n) is 8.84. The van der Waals surface area contributed by atoms with E-state index in [0.717, 1.165) is 31.8 Å². The normalized spacial score (nSPS) is 26.9. The van der Waals surface area contributed by atoms with Crippen LogP contribution in [0.2, 0.25) is 0 Å². The number of hydrogen-bond donors (Lipinski definition) is 2. The van der Waals surface area contributed by atoms with Crippen LogP contribution in [0.4, 0.5) is 0 Å². The smallest absolute Gasteiger partial charge is 0.0488 e. The van der Waals surface area contributed by atoms with Gasteiger partial charge in [-0.25, -0.2) is 0 Å². The molecule has 2 rings (SSSR count). The average Bonchev–Trinajstić information content (AvgIpc) is 2.72. The number of piperidine rings is 1. The SMILES string of the molecule is OCC1(CC2CC=CC2)CCNCC1. The van der Waals surface area contributed by atoms with Gasteiger partial charge in [0.15, 0.2) is 0 Å². The fourth-order valence-electron chi connectivity index (χ4n) is 2.84. The van der Waals surface area contributed by atoms with Crippen LogP contribution in [-0.2, 0) is 0 Å². The van der Waals surface area contributed by atoms with E-state index in [9.17, 15) is 5.11 Å². The molecule has 1 aliphatic heterocycles. The molecule has 14 heavy (non-hydrogen) atoms. The zero-order valence-corrected chi connectivity index (χ0v) is 8.84. The van der Waals surface area contributed by atoms with Gasteiger partial charge in [0, 0.05) is 6.61 Å². The number of allylic oxidation sites excluding steroid dienone is 2. The Balaban J connectivity index is 1.90. The first-order valence-corrected chi connectivity index (χ1v) is 5.81. The van der Waals surface area contributed by atoms with Gasteiger partial charge in [0.2, 0.25) is 0 Å². The molecule has 0 unspecified atom stereocenters. The molecular formula is C12H21NO. The maximum Gasteiger partial charge on any atom is 0.0488 e. The van der Waals surface area contributed by atoms with Crippen LogP contribution in [-0.4, -0.2) is 24.8 Å². The van der Waals surface area contributed by atoms with Crippen LogP contribution in [0.5, 0.6) is 0 Å². The second kappa shape index (κ2) is 4.45. The molecule has 0 bridgehead atoms. The number of aliphatic hydroxyl groups is 1. The van der Waals surface area contributed by atoms with Crippen molar-refractivity contribution in [3.05, 3.63) is 12.2 Å². The minimum Gasteiger partial charge on any atom is -0.396 e. The van der Waals surface area contributed by atoms with Crippen molar-refractivity contribution in [2.24, 2.45) is 11.3 Å². The highest BCUT2D eigenvalue weighted by Gasteiger charge is 2.33. The van der Waals surface area contributed by atoms with Crippen molar-refractivity contribution in [1.82, 2.24) is 5.32 Å². The van der Waals surface area contributed by atoms with E-state index in [1.54, 1.807) is 0 Å². The molecule has 2 nitrogen and oxygen atoms in total. The van der Waals surface area contributed by atoms with Gasteiger partial charge in [-0.3, -0.25) is 0 Å². The summed E-state index contributed by atoms with van der Waals surface area (Å²) in [4.78, 5) is 0. The molecule has 2 heteroatoms. The molecule has 80 valence electrons. The standard InChI is InChI=1S/C12H21NO/c14-10-12(5-7-13-8-6-12)9-11-3-1-2-4-11/h1-2,11,13-14H,3-10H2. The fourth-order valence-corrected chi connectivity index (χ4v) is 2.84. The largest absolute Gasteiger partial charge is 0.396 e. The van der Waals surface area contributed by atoms with Gasteiger partial charge in [-0.2, -0.15) is 0 Å². The molecule has 0 atom stereocenters. The molecule has 1 fully saturated rings. The van der Waals surface area contributed by atoms with Gasteiger partial charge < -0.3 is 10.4 Å². The molecule has 1 aliphatic carbocycles. The Morgan fingerprint density at radius 2 is 1.86 bits per heavy atom. The summed E-state index contributed by atoms with van der Waals surface area (Å²) in [6.45, 7) is 2.55. The molecule has 0 radical (unpaired) electrons. The van der Waals surface area contributed by atoms with E-state index in [0.29, 0.717) is 6.61 Å². The lowest BCUT2D eigenvalue weighted by atomic mass is 9.72. The zero-order chi connectivity index (χ0) is 9.86. The van der Waals surface area contributed by atoms with E-state index in [2.05, 4.69) is 17.5 Å². The van der Waals surface area contributed by atoms with Gasteiger partial charge in [-0.1, -0.05) is 12.2 Å². The maximum atomic E-state index is 9.55. The number of rotatable bonds is 3. The monoisotopic (exact) mass is 195 g/mol. The fraction of sp³-hybridized carbons (Fsp3) is 0.833. The van der Waals surface area contributed by atoms with Crippen molar-refractivity contribution in [2.45, 2.75) is 32.1 Å². The van der Waals surface area contributed by atoms with Gasteiger partial charge in [0.25, 0.3) is 0 Å². The van der Waals surface area contributed by atoms with Crippen LogP contribution in [0, 0.1) is 11.3 Å². The Hall–Kier alpha value is -0.340. The van der Waals surface area contributed by atoms with E-state index in [-0.39, 0.29) is 5.41 Å². The molecular weight excluding hydrogens is 174 g/mol. The summed E-state index contributed by atoms with van der Waals surface area (Å²) in [6.07, 6.45) is 10.6. The van der Waals surface area contributed by atoms with Crippen molar-refractivity contribution < 1.29 is 5.11 Å². The maximum absolute atomic E-state index is 9.55. The third-order valence-electron chi connectivity index (χ3n) is 3.83. The van der Waals surface area contributed by atoms with Crippen molar-refractivity contribution >= 4 is 0 Å². The Kier molecular flexibility index (Phi) is 3.24. The van der Waals surface area contributed by atoms with Crippen LogP contribution >= 0.6 is 0 Å². The quantitative estimate of drug-likeness (QED) is 0.672. The Morgan fingerprint density at radius 3 is 2.43 bits per heavy atom. The van der Waals surface area contributed by atoms with E-state index in [1.165, 1.54) is 19.3 Å². The molecule has 1 saturated heterocycles. The third kappa shape index (κ3) is 2.18. The van der Waals surface area contributed by atoms with Crippen molar-refractivity contribution in [1.29, 1.82) is 0 Å². The van der Waals surface area contributed by atoms with E-state index in [1.807, 2.05) is 0 Å². The summed E-state index contributed by atoms with van der Waals surface area (Å²) in [5.41, 5.74) is 0.238. The van der Waals surface area contributed by atoms with Gasteiger partial charge >= 0.3 is 0 Å². The van der Waals surface area contributed by atoms with Crippen molar-refractivity contribution in [2.75, 3.05) is 19.7 Å². The lowest BCUT2D eigenvalue weighted by Crippen LogP contribution is -2.40. The number of hydrogen-bond acceptors (Lipinski definition) is 2. The Bertz CT molecular complexity index is 198.